The van der Waals surface area contributed by atoms with Gasteiger partial charge < -0.3 is 9.84 Å². The van der Waals surface area contributed by atoms with Crippen LogP contribution in [0.25, 0.3) is 0 Å². The maximum Gasteiger partial charge on any atom is 0.132 e. The van der Waals surface area contributed by atoms with Crippen molar-refractivity contribution in [2.45, 2.75) is 19.4 Å². The number of aliphatic hydroxyl groups excluding tert-OH is 1. The van der Waals surface area contributed by atoms with Gasteiger partial charge in [0, 0.05) is 17.2 Å². The second-order valence-corrected chi connectivity index (χ2v) is 4.45. The Morgan fingerprint density at radius 2 is 1.85 bits per heavy atom. The molecule has 0 aliphatic rings. The van der Waals surface area contributed by atoms with Crippen molar-refractivity contribution in [1.82, 2.24) is 0 Å². The first-order valence-corrected chi connectivity index (χ1v) is 6.48. The van der Waals surface area contributed by atoms with E-state index in [9.17, 15) is 13.9 Å². The minimum Gasteiger partial charge on any atom is -0.493 e. The van der Waals surface area contributed by atoms with Gasteiger partial charge in [-0.25, -0.2) is 8.78 Å². The fourth-order valence-electron chi connectivity index (χ4n) is 1.94. The van der Waals surface area contributed by atoms with E-state index < -0.39 is 17.7 Å². The zero-order chi connectivity index (χ0) is 14.5. The van der Waals surface area contributed by atoms with Crippen LogP contribution >= 0.6 is 0 Å². The summed E-state index contributed by atoms with van der Waals surface area (Å²) >= 11 is 0. The molecule has 1 atom stereocenters. The maximum absolute atomic E-state index is 13.7. The monoisotopic (exact) mass is 278 g/mol. The van der Waals surface area contributed by atoms with Crippen molar-refractivity contribution >= 4 is 0 Å². The van der Waals surface area contributed by atoms with Crippen molar-refractivity contribution in [2.75, 3.05) is 6.61 Å². The van der Waals surface area contributed by atoms with E-state index >= 15 is 0 Å². The molecule has 2 aromatic rings. The van der Waals surface area contributed by atoms with Gasteiger partial charge in [0.2, 0.25) is 0 Å². The molecule has 0 saturated carbocycles. The molecule has 0 heterocycles. The standard InChI is InChI=1S/C16H16F2O2/c1-2-9-20-15-6-4-3-5-13(15)16(19)12-8-7-11(17)10-14(12)18/h3-8,10,16,19H,2,9H2,1H3. The van der Waals surface area contributed by atoms with E-state index in [0.717, 1.165) is 18.6 Å². The second-order valence-electron chi connectivity index (χ2n) is 4.45. The number of rotatable bonds is 5. The van der Waals surface area contributed by atoms with E-state index in [2.05, 4.69) is 0 Å². The lowest BCUT2D eigenvalue weighted by molar-refractivity contribution is 0.205. The van der Waals surface area contributed by atoms with Crippen molar-refractivity contribution in [3.8, 4) is 5.75 Å². The summed E-state index contributed by atoms with van der Waals surface area (Å²) in [7, 11) is 0. The molecule has 0 aromatic heterocycles. The van der Waals surface area contributed by atoms with Gasteiger partial charge in [-0.15, -0.1) is 0 Å². The quantitative estimate of drug-likeness (QED) is 0.900. The Kier molecular flexibility index (Phi) is 4.69. The lowest BCUT2D eigenvalue weighted by Gasteiger charge is -2.16. The molecule has 2 nitrogen and oxygen atoms in total. The van der Waals surface area contributed by atoms with Gasteiger partial charge in [0.05, 0.1) is 6.61 Å². The molecular formula is C16H16F2O2. The van der Waals surface area contributed by atoms with Crippen LogP contribution in [0.5, 0.6) is 5.75 Å². The predicted molar refractivity (Wildman–Crippen MR) is 72.6 cm³/mol. The molecule has 0 radical (unpaired) electrons. The molecule has 2 aromatic carbocycles. The zero-order valence-corrected chi connectivity index (χ0v) is 11.1. The summed E-state index contributed by atoms with van der Waals surface area (Å²) < 4.78 is 32.2. The molecule has 2 rings (SSSR count). The first-order chi connectivity index (χ1) is 9.63. The van der Waals surface area contributed by atoms with Crippen molar-refractivity contribution in [1.29, 1.82) is 0 Å². The molecular weight excluding hydrogens is 262 g/mol. The summed E-state index contributed by atoms with van der Waals surface area (Å²) in [5.74, 6) is -0.942. The second kappa shape index (κ2) is 6.48. The third-order valence-electron chi connectivity index (χ3n) is 2.93. The Morgan fingerprint density at radius 3 is 2.55 bits per heavy atom. The fraction of sp³-hybridized carbons (Fsp3) is 0.250. The molecule has 0 fully saturated rings. The van der Waals surface area contributed by atoms with Gasteiger partial charge in [-0.05, 0) is 18.6 Å². The summed E-state index contributed by atoms with van der Waals surface area (Å²) in [5.41, 5.74) is 0.491. The maximum atomic E-state index is 13.7. The van der Waals surface area contributed by atoms with E-state index in [1.807, 2.05) is 6.92 Å². The largest absolute Gasteiger partial charge is 0.493 e. The molecule has 0 amide bonds. The van der Waals surface area contributed by atoms with Gasteiger partial charge in [-0.3, -0.25) is 0 Å². The highest BCUT2D eigenvalue weighted by molar-refractivity contribution is 5.40. The van der Waals surface area contributed by atoms with Crippen molar-refractivity contribution in [3.63, 3.8) is 0 Å². The van der Waals surface area contributed by atoms with Crippen LogP contribution in [0.4, 0.5) is 8.78 Å². The Bertz CT molecular complexity index is 584. The molecule has 4 heteroatoms. The third-order valence-corrected chi connectivity index (χ3v) is 2.93. The van der Waals surface area contributed by atoms with Crippen LogP contribution in [0.2, 0.25) is 0 Å². The zero-order valence-electron chi connectivity index (χ0n) is 11.1. The van der Waals surface area contributed by atoms with Crippen LogP contribution in [0.3, 0.4) is 0 Å². The molecule has 106 valence electrons. The van der Waals surface area contributed by atoms with E-state index in [4.69, 9.17) is 4.74 Å². The lowest BCUT2D eigenvalue weighted by atomic mass is 10.00. The highest BCUT2D eigenvalue weighted by Gasteiger charge is 2.19. The summed E-state index contributed by atoms with van der Waals surface area (Å²) in [6.07, 6.45) is -0.362. The lowest BCUT2D eigenvalue weighted by Crippen LogP contribution is -2.06. The normalized spacial score (nSPS) is 12.2. The Balaban J connectivity index is 2.35. The average Bonchev–Trinajstić information content (AvgIpc) is 2.45. The Morgan fingerprint density at radius 1 is 1.10 bits per heavy atom. The van der Waals surface area contributed by atoms with Crippen molar-refractivity contribution < 1.29 is 18.6 Å². The van der Waals surface area contributed by atoms with Crippen LogP contribution in [0, 0.1) is 11.6 Å². The van der Waals surface area contributed by atoms with Crippen LogP contribution in [0.1, 0.15) is 30.6 Å². The number of benzene rings is 2. The highest BCUT2D eigenvalue weighted by Crippen LogP contribution is 2.31. The number of hydrogen-bond acceptors (Lipinski definition) is 2. The van der Waals surface area contributed by atoms with Crippen molar-refractivity contribution in [2.24, 2.45) is 0 Å². The minimum absolute atomic E-state index is 0.0268. The molecule has 0 spiro atoms. The van der Waals surface area contributed by atoms with Crippen molar-refractivity contribution in [3.05, 3.63) is 65.2 Å². The van der Waals surface area contributed by atoms with Gasteiger partial charge >= 0.3 is 0 Å². The SMILES string of the molecule is CCCOc1ccccc1C(O)c1ccc(F)cc1F. The van der Waals surface area contributed by atoms with Crippen LogP contribution < -0.4 is 4.74 Å². The average molecular weight is 278 g/mol. The molecule has 0 saturated heterocycles. The first kappa shape index (κ1) is 14.5. The molecule has 0 aliphatic heterocycles. The van der Waals surface area contributed by atoms with Crippen LogP contribution in [-0.2, 0) is 0 Å². The Hall–Kier alpha value is -1.94. The number of aliphatic hydroxyl groups is 1. The van der Waals surface area contributed by atoms with Crippen LogP contribution in [0.15, 0.2) is 42.5 Å². The molecule has 0 bridgehead atoms. The molecule has 1 unspecified atom stereocenters. The van der Waals surface area contributed by atoms with E-state index in [1.54, 1.807) is 24.3 Å². The summed E-state index contributed by atoms with van der Waals surface area (Å²) in [5, 5.41) is 10.3. The van der Waals surface area contributed by atoms with E-state index in [-0.39, 0.29) is 5.56 Å². The van der Waals surface area contributed by atoms with Gasteiger partial charge in [0.15, 0.2) is 0 Å². The fourth-order valence-corrected chi connectivity index (χ4v) is 1.94. The van der Waals surface area contributed by atoms with Gasteiger partial charge in [-0.2, -0.15) is 0 Å². The van der Waals surface area contributed by atoms with E-state index in [0.29, 0.717) is 17.9 Å². The third kappa shape index (κ3) is 3.14. The first-order valence-electron chi connectivity index (χ1n) is 6.48. The van der Waals surface area contributed by atoms with E-state index in [1.165, 1.54) is 6.07 Å². The minimum atomic E-state index is -1.19. The molecule has 0 aliphatic carbocycles. The molecule has 20 heavy (non-hydrogen) atoms. The van der Waals surface area contributed by atoms with Gasteiger partial charge in [0.1, 0.15) is 23.5 Å². The number of halogens is 2. The topological polar surface area (TPSA) is 29.5 Å². The summed E-state index contributed by atoms with van der Waals surface area (Å²) in [4.78, 5) is 0. The highest BCUT2D eigenvalue weighted by atomic mass is 19.1. The summed E-state index contributed by atoms with van der Waals surface area (Å²) in [6, 6.07) is 10.0. The predicted octanol–water partition coefficient (Wildman–Crippen LogP) is 3.84. The van der Waals surface area contributed by atoms with Gasteiger partial charge in [0.25, 0.3) is 0 Å². The molecule has 1 N–H and O–H groups in total. The van der Waals surface area contributed by atoms with Gasteiger partial charge in [-0.1, -0.05) is 31.2 Å². The van der Waals surface area contributed by atoms with Crippen LogP contribution in [-0.4, -0.2) is 11.7 Å². The number of hydrogen-bond donors (Lipinski definition) is 1. The Labute approximate surface area is 116 Å². The summed E-state index contributed by atoms with van der Waals surface area (Å²) in [6.45, 7) is 2.48. The smallest absolute Gasteiger partial charge is 0.132 e. The number of para-hydroxylation sites is 1. The number of ether oxygens (including phenoxy) is 1.